The van der Waals surface area contributed by atoms with Crippen LogP contribution in [0.4, 0.5) is 5.69 Å². The molecule has 0 bridgehead atoms. The van der Waals surface area contributed by atoms with Gasteiger partial charge in [-0.2, -0.15) is 0 Å². The summed E-state index contributed by atoms with van der Waals surface area (Å²) in [6, 6.07) is 17.5. The normalized spacial score (nSPS) is 20.4. The molecular formula is C27H35IN4O. The quantitative estimate of drug-likeness (QED) is 0.495. The summed E-state index contributed by atoms with van der Waals surface area (Å²) in [6.07, 6.45) is 6.57. The predicted octanol–water partition coefficient (Wildman–Crippen LogP) is 4.35. The van der Waals surface area contributed by atoms with Gasteiger partial charge in [-0.1, -0.05) is 63.5 Å². The molecule has 5 nitrogen and oxygen atoms in total. The van der Waals surface area contributed by atoms with Crippen LogP contribution >= 0.6 is 20.7 Å². The molecule has 0 aliphatic carbocycles. The first-order valence-corrected chi connectivity index (χ1v) is 14.6. The number of aliphatic hydroxyl groups is 1. The number of anilines is 1. The van der Waals surface area contributed by atoms with E-state index < -0.39 is 6.23 Å². The van der Waals surface area contributed by atoms with E-state index in [4.69, 9.17) is 0 Å². The van der Waals surface area contributed by atoms with Crippen LogP contribution in [0.2, 0.25) is 0 Å². The standard InChI is InChI=1S/C27H35IN4O/c33-27(11-14-30-12-5-2-6-13-30)32-16-15-31(20-25-18-29-21-28-25)26-10-9-23(17-24(26)19-32)22-7-3-1-4-8-22/h1,3-4,7-10,17-18,21,27,29,33H,2,5-6,11-16,19-20H2. The van der Waals surface area contributed by atoms with E-state index >= 15 is 0 Å². The Balaban J connectivity index is 1.36. The second-order valence-corrected chi connectivity index (χ2v) is 11.9. The van der Waals surface area contributed by atoms with E-state index in [1.165, 1.54) is 58.3 Å². The second-order valence-electron chi connectivity index (χ2n) is 9.25. The Hall–Kier alpha value is -1.74. The third-order valence-electron chi connectivity index (χ3n) is 6.97. The number of aliphatic hydroxyl groups excluding tert-OH is 1. The largest absolute Gasteiger partial charge is 0.378 e. The van der Waals surface area contributed by atoms with Gasteiger partial charge in [0.15, 0.2) is 0 Å². The highest BCUT2D eigenvalue weighted by atomic mass is 127. The van der Waals surface area contributed by atoms with Crippen LogP contribution in [0.15, 0.2) is 58.3 Å². The highest BCUT2D eigenvalue weighted by molar-refractivity contribution is 14.2. The Labute approximate surface area is 207 Å². The van der Waals surface area contributed by atoms with Crippen molar-refractivity contribution in [1.82, 2.24) is 15.1 Å². The number of hydrogen-bond acceptors (Lipinski definition) is 5. The summed E-state index contributed by atoms with van der Waals surface area (Å²) in [4.78, 5) is 7.34. The van der Waals surface area contributed by atoms with Crippen molar-refractivity contribution < 1.29 is 5.11 Å². The summed E-state index contributed by atoms with van der Waals surface area (Å²) in [5, 5.41) is 14.5. The number of fused-ring (bicyclic) bond motifs is 1. The number of halogens is 1. The molecule has 2 N–H and O–H groups in total. The highest BCUT2D eigenvalue weighted by Gasteiger charge is 2.25. The molecule has 0 spiro atoms. The third-order valence-corrected chi connectivity index (χ3v) is 9.09. The van der Waals surface area contributed by atoms with Gasteiger partial charge in [0.1, 0.15) is 6.23 Å². The van der Waals surface area contributed by atoms with E-state index in [9.17, 15) is 5.11 Å². The SMILES string of the molecule is OC(CCN1CCCCC1)N1CCN(CC2=CNC=I2)c2ccc(-c3ccccc3)cc2C1. The first kappa shape index (κ1) is 23.0. The van der Waals surface area contributed by atoms with Crippen LogP contribution in [-0.4, -0.2) is 64.5 Å². The molecule has 3 aliphatic heterocycles. The molecule has 0 radical (unpaired) electrons. The van der Waals surface area contributed by atoms with E-state index in [2.05, 4.69) is 78.9 Å². The molecule has 33 heavy (non-hydrogen) atoms. The number of hydrogen-bond donors (Lipinski definition) is 2. The zero-order valence-corrected chi connectivity index (χ0v) is 21.5. The van der Waals surface area contributed by atoms with Crippen LogP contribution in [0.5, 0.6) is 0 Å². The van der Waals surface area contributed by atoms with Gasteiger partial charge in [-0.3, -0.25) is 4.90 Å². The maximum Gasteiger partial charge on any atom is 0.108 e. The zero-order chi connectivity index (χ0) is 22.5. The van der Waals surface area contributed by atoms with Crippen LogP contribution in [0, 0.1) is 0 Å². The van der Waals surface area contributed by atoms with Gasteiger partial charge in [0.05, 0.1) is 0 Å². The van der Waals surface area contributed by atoms with Gasteiger partial charge in [-0.25, -0.2) is 0 Å². The molecule has 0 aromatic heterocycles. The molecule has 176 valence electrons. The number of rotatable bonds is 7. The van der Waals surface area contributed by atoms with Crippen molar-refractivity contribution in [2.24, 2.45) is 0 Å². The monoisotopic (exact) mass is 558 g/mol. The Morgan fingerprint density at radius 2 is 1.79 bits per heavy atom. The predicted molar refractivity (Wildman–Crippen MR) is 147 cm³/mol. The summed E-state index contributed by atoms with van der Waals surface area (Å²) in [6.45, 7) is 6.98. The Kier molecular flexibility index (Phi) is 7.76. The van der Waals surface area contributed by atoms with Crippen molar-refractivity contribution in [3.63, 3.8) is 0 Å². The van der Waals surface area contributed by atoms with Crippen LogP contribution in [0.3, 0.4) is 0 Å². The lowest BCUT2D eigenvalue weighted by Gasteiger charge is -2.31. The topological polar surface area (TPSA) is 42.0 Å². The maximum absolute atomic E-state index is 11.2. The molecule has 2 aromatic carbocycles. The van der Waals surface area contributed by atoms with Crippen molar-refractivity contribution in [3.8, 4) is 11.1 Å². The maximum atomic E-state index is 11.2. The van der Waals surface area contributed by atoms with Crippen LogP contribution in [0.25, 0.3) is 11.1 Å². The molecule has 5 rings (SSSR count). The summed E-state index contributed by atoms with van der Waals surface area (Å²) < 4.78 is 3.74. The minimum Gasteiger partial charge on any atom is -0.378 e. The van der Waals surface area contributed by atoms with Gasteiger partial charge in [0.25, 0.3) is 0 Å². The number of piperidine rings is 1. The number of nitrogens with zero attached hydrogens (tertiary/aromatic N) is 3. The van der Waals surface area contributed by atoms with E-state index in [0.717, 1.165) is 39.1 Å². The highest BCUT2D eigenvalue weighted by Crippen LogP contribution is 2.32. The second kappa shape index (κ2) is 11.1. The minimum atomic E-state index is -0.395. The molecule has 1 saturated heterocycles. The smallest absolute Gasteiger partial charge is 0.108 e. The average molecular weight is 559 g/mol. The van der Waals surface area contributed by atoms with E-state index in [1.807, 2.05) is 0 Å². The van der Waals surface area contributed by atoms with Crippen LogP contribution < -0.4 is 10.2 Å². The lowest BCUT2D eigenvalue weighted by Crippen LogP contribution is -2.41. The van der Waals surface area contributed by atoms with Crippen molar-refractivity contribution in [3.05, 3.63) is 63.9 Å². The molecule has 3 aliphatic rings. The molecule has 1 atom stereocenters. The Bertz CT molecular complexity index is 987. The van der Waals surface area contributed by atoms with Crippen molar-refractivity contribution >= 4 is 30.6 Å². The molecule has 1 unspecified atom stereocenters. The van der Waals surface area contributed by atoms with Gasteiger partial charge >= 0.3 is 0 Å². The molecule has 0 saturated carbocycles. The minimum absolute atomic E-state index is 0.0166. The summed E-state index contributed by atoms with van der Waals surface area (Å²) >= 11 is -0.0166. The first-order chi connectivity index (χ1) is 16.3. The first-order valence-electron chi connectivity index (χ1n) is 12.2. The van der Waals surface area contributed by atoms with Crippen molar-refractivity contribution in [2.45, 2.75) is 38.5 Å². The molecule has 2 aromatic rings. The van der Waals surface area contributed by atoms with Crippen molar-refractivity contribution in [1.29, 1.82) is 0 Å². The summed E-state index contributed by atoms with van der Waals surface area (Å²) in [5.41, 5.74) is 5.13. The van der Waals surface area contributed by atoms with E-state index in [0.29, 0.717) is 0 Å². The third kappa shape index (κ3) is 5.85. The fraction of sp³-hybridized carbons (Fsp3) is 0.444. The average Bonchev–Trinajstić information content (AvgIpc) is 3.31. The summed E-state index contributed by atoms with van der Waals surface area (Å²) in [7, 11) is 0. The molecule has 1 fully saturated rings. The molecular weight excluding hydrogens is 523 g/mol. The fourth-order valence-corrected chi connectivity index (χ4v) is 6.83. The van der Waals surface area contributed by atoms with Gasteiger partial charge in [0, 0.05) is 52.3 Å². The lowest BCUT2D eigenvalue weighted by atomic mass is 10.0. The van der Waals surface area contributed by atoms with E-state index in [1.54, 1.807) is 0 Å². The van der Waals surface area contributed by atoms with Gasteiger partial charge < -0.3 is 20.2 Å². The number of likely N-dealkylation sites (tertiary alicyclic amines) is 1. The van der Waals surface area contributed by atoms with Crippen molar-refractivity contribution in [2.75, 3.05) is 44.2 Å². The summed E-state index contributed by atoms with van der Waals surface area (Å²) in [5.74, 6) is 0. The van der Waals surface area contributed by atoms with E-state index in [-0.39, 0.29) is 20.7 Å². The van der Waals surface area contributed by atoms with Crippen LogP contribution in [-0.2, 0) is 6.54 Å². The zero-order valence-electron chi connectivity index (χ0n) is 19.3. The molecule has 6 heteroatoms. The number of nitrogens with one attached hydrogen (secondary N) is 1. The van der Waals surface area contributed by atoms with Gasteiger partial charge in [-0.05, 0) is 61.2 Å². The number of benzene rings is 2. The molecule has 0 amide bonds. The van der Waals surface area contributed by atoms with Crippen LogP contribution in [0.1, 0.15) is 31.2 Å². The molecule has 3 heterocycles. The lowest BCUT2D eigenvalue weighted by molar-refractivity contribution is -0.0122. The fourth-order valence-electron chi connectivity index (χ4n) is 5.10. The Morgan fingerprint density at radius 3 is 2.58 bits per heavy atom. The van der Waals surface area contributed by atoms with Gasteiger partial charge in [0.2, 0.25) is 0 Å². The Morgan fingerprint density at radius 1 is 0.939 bits per heavy atom. The van der Waals surface area contributed by atoms with Gasteiger partial charge in [-0.15, -0.1) is 0 Å².